The van der Waals surface area contributed by atoms with Crippen molar-refractivity contribution in [2.75, 3.05) is 14.2 Å². The number of hydrogen-bond donors (Lipinski definition) is 1. The number of nitrogens with two attached hydrogens (primary N) is 1. The van der Waals surface area contributed by atoms with Gasteiger partial charge in [-0.3, -0.25) is 0 Å². The standard InChI is InChI=1S/C8H11NO3/c1-10-6-3-4-7(11-2)8(5-6)12-9/h3-5H,9H2,1-2H3. The van der Waals surface area contributed by atoms with Crippen LogP contribution in [0.25, 0.3) is 0 Å². The predicted octanol–water partition coefficient (Wildman–Crippen LogP) is 0.956. The molecule has 1 aromatic rings. The zero-order valence-corrected chi connectivity index (χ0v) is 7.03. The second-order valence-corrected chi connectivity index (χ2v) is 2.13. The minimum Gasteiger partial charge on any atom is -0.497 e. The van der Waals surface area contributed by atoms with Gasteiger partial charge in [0.25, 0.3) is 0 Å². The van der Waals surface area contributed by atoms with Crippen molar-refractivity contribution in [1.29, 1.82) is 0 Å². The van der Waals surface area contributed by atoms with Crippen molar-refractivity contribution in [3.05, 3.63) is 18.2 Å². The van der Waals surface area contributed by atoms with Gasteiger partial charge in [-0.25, -0.2) is 0 Å². The molecule has 0 heterocycles. The highest BCUT2D eigenvalue weighted by molar-refractivity contribution is 5.45. The highest BCUT2D eigenvalue weighted by atomic mass is 16.6. The van der Waals surface area contributed by atoms with Gasteiger partial charge in [-0.2, -0.15) is 5.90 Å². The first kappa shape index (κ1) is 8.67. The van der Waals surface area contributed by atoms with Gasteiger partial charge in [0.15, 0.2) is 11.5 Å². The van der Waals surface area contributed by atoms with Crippen molar-refractivity contribution in [2.24, 2.45) is 5.90 Å². The van der Waals surface area contributed by atoms with Crippen LogP contribution in [0.4, 0.5) is 0 Å². The Morgan fingerprint density at radius 1 is 1.08 bits per heavy atom. The molecule has 0 unspecified atom stereocenters. The highest BCUT2D eigenvalue weighted by Gasteiger charge is 2.04. The first-order valence-corrected chi connectivity index (χ1v) is 3.40. The summed E-state index contributed by atoms with van der Waals surface area (Å²) in [7, 11) is 3.12. The summed E-state index contributed by atoms with van der Waals surface area (Å²) in [4.78, 5) is 4.57. The molecule has 1 rings (SSSR count). The van der Waals surface area contributed by atoms with Crippen molar-refractivity contribution in [3.8, 4) is 17.2 Å². The molecule has 0 fully saturated rings. The molecule has 66 valence electrons. The molecule has 0 saturated heterocycles. The summed E-state index contributed by atoms with van der Waals surface area (Å²) in [5, 5.41) is 0. The third-order valence-electron chi connectivity index (χ3n) is 1.50. The predicted molar refractivity (Wildman–Crippen MR) is 44.4 cm³/mol. The zero-order valence-electron chi connectivity index (χ0n) is 7.03. The van der Waals surface area contributed by atoms with Crippen LogP contribution in [0.3, 0.4) is 0 Å². The van der Waals surface area contributed by atoms with Crippen LogP contribution in [0.1, 0.15) is 0 Å². The largest absolute Gasteiger partial charge is 0.497 e. The smallest absolute Gasteiger partial charge is 0.192 e. The first-order chi connectivity index (χ1) is 5.81. The van der Waals surface area contributed by atoms with Crippen LogP contribution in [0.15, 0.2) is 18.2 Å². The molecular weight excluding hydrogens is 158 g/mol. The van der Waals surface area contributed by atoms with Gasteiger partial charge in [-0.15, -0.1) is 0 Å². The molecule has 0 amide bonds. The van der Waals surface area contributed by atoms with Crippen LogP contribution in [0.2, 0.25) is 0 Å². The van der Waals surface area contributed by atoms with Crippen molar-refractivity contribution >= 4 is 0 Å². The van der Waals surface area contributed by atoms with E-state index < -0.39 is 0 Å². The molecule has 0 aliphatic carbocycles. The summed E-state index contributed by atoms with van der Waals surface area (Å²) in [5.74, 6) is 6.73. The average molecular weight is 169 g/mol. The Labute approximate surface area is 70.8 Å². The van der Waals surface area contributed by atoms with Crippen LogP contribution in [0.5, 0.6) is 17.2 Å². The summed E-state index contributed by atoms with van der Waals surface area (Å²) >= 11 is 0. The molecule has 4 heteroatoms. The molecule has 2 N–H and O–H groups in total. The molecular formula is C8H11NO3. The van der Waals surface area contributed by atoms with Crippen LogP contribution in [-0.2, 0) is 0 Å². The molecule has 12 heavy (non-hydrogen) atoms. The molecule has 0 aliphatic heterocycles. The van der Waals surface area contributed by atoms with E-state index in [0.717, 1.165) is 0 Å². The van der Waals surface area contributed by atoms with E-state index in [1.54, 1.807) is 32.4 Å². The molecule has 0 saturated carbocycles. The first-order valence-electron chi connectivity index (χ1n) is 3.40. The fourth-order valence-corrected chi connectivity index (χ4v) is 0.876. The average Bonchev–Trinajstić information content (AvgIpc) is 2.16. The Hall–Kier alpha value is -1.42. The topological polar surface area (TPSA) is 53.7 Å². The Bertz CT molecular complexity index is 262. The van der Waals surface area contributed by atoms with E-state index in [0.29, 0.717) is 17.2 Å². The highest BCUT2D eigenvalue weighted by Crippen LogP contribution is 2.29. The van der Waals surface area contributed by atoms with Crippen molar-refractivity contribution in [2.45, 2.75) is 0 Å². The monoisotopic (exact) mass is 169 g/mol. The molecule has 1 aromatic carbocycles. The summed E-state index contributed by atoms with van der Waals surface area (Å²) in [6.45, 7) is 0. The van der Waals surface area contributed by atoms with Gasteiger partial charge in [-0.05, 0) is 12.1 Å². The summed E-state index contributed by atoms with van der Waals surface area (Å²) < 4.78 is 9.94. The normalized spacial score (nSPS) is 9.25. The van der Waals surface area contributed by atoms with Gasteiger partial charge in [0.05, 0.1) is 14.2 Å². The molecule has 4 nitrogen and oxygen atoms in total. The minimum atomic E-state index is 0.455. The number of hydrogen-bond acceptors (Lipinski definition) is 4. The van der Waals surface area contributed by atoms with Crippen molar-refractivity contribution in [3.63, 3.8) is 0 Å². The molecule has 0 aromatic heterocycles. The van der Waals surface area contributed by atoms with E-state index in [1.807, 2.05) is 0 Å². The van der Waals surface area contributed by atoms with Gasteiger partial charge in [0, 0.05) is 6.07 Å². The van der Waals surface area contributed by atoms with Gasteiger partial charge >= 0.3 is 0 Å². The Kier molecular flexibility index (Phi) is 2.76. The SMILES string of the molecule is COc1ccc(OC)c(ON)c1. The number of ether oxygens (including phenoxy) is 2. The van der Waals surface area contributed by atoms with Crippen molar-refractivity contribution in [1.82, 2.24) is 0 Å². The van der Waals surface area contributed by atoms with Gasteiger partial charge in [-0.1, -0.05) is 0 Å². The lowest BCUT2D eigenvalue weighted by Gasteiger charge is -2.07. The zero-order chi connectivity index (χ0) is 8.97. The Morgan fingerprint density at radius 2 is 1.83 bits per heavy atom. The maximum absolute atomic E-state index is 5.01. The quantitative estimate of drug-likeness (QED) is 0.684. The van der Waals surface area contributed by atoms with Crippen LogP contribution in [0, 0.1) is 0 Å². The van der Waals surface area contributed by atoms with E-state index in [-0.39, 0.29) is 0 Å². The van der Waals surface area contributed by atoms with Gasteiger partial charge in [0.2, 0.25) is 0 Å². The van der Waals surface area contributed by atoms with Crippen LogP contribution >= 0.6 is 0 Å². The second kappa shape index (κ2) is 3.82. The fourth-order valence-electron chi connectivity index (χ4n) is 0.876. The van der Waals surface area contributed by atoms with E-state index in [9.17, 15) is 0 Å². The Morgan fingerprint density at radius 3 is 2.33 bits per heavy atom. The maximum Gasteiger partial charge on any atom is 0.192 e. The summed E-state index contributed by atoms with van der Waals surface area (Å²) in [6.07, 6.45) is 0. The maximum atomic E-state index is 5.01. The summed E-state index contributed by atoms with van der Waals surface area (Å²) in [6, 6.07) is 5.14. The number of benzene rings is 1. The van der Waals surface area contributed by atoms with Crippen LogP contribution in [-0.4, -0.2) is 14.2 Å². The number of methoxy groups -OCH3 is 2. The fraction of sp³-hybridized carbons (Fsp3) is 0.250. The van der Waals surface area contributed by atoms with Gasteiger partial charge in [0.1, 0.15) is 5.75 Å². The summed E-state index contributed by atoms with van der Waals surface area (Å²) in [5.41, 5.74) is 0. The van der Waals surface area contributed by atoms with Gasteiger partial charge < -0.3 is 14.3 Å². The lowest BCUT2D eigenvalue weighted by Crippen LogP contribution is -2.03. The van der Waals surface area contributed by atoms with E-state index in [4.69, 9.17) is 15.4 Å². The third-order valence-corrected chi connectivity index (χ3v) is 1.50. The third kappa shape index (κ3) is 1.60. The molecule has 0 spiro atoms. The molecule has 0 radical (unpaired) electrons. The van der Waals surface area contributed by atoms with E-state index in [1.165, 1.54) is 0 Å². The molecule has 0 atom stereocenters. The lowest BCUT2D eigenvalue weighted by molar-refractivity contribution is 0.303. The Balaban J connectivity index is 3.02. The molecule has 0 aliphatic rings. The van der Waals surface area contributed by atoms with E-state index in [2.05, 4.69) is 4.84 Å². The number of rotatable bonds is 3. The second-order valence-electron chi connectivity index (χ2n) is 2.13. The molecule has 0 bridgehead atoms. The van der Waals surface area contributed by atoms with E-state index >= 15 is 0 Å². The van der Waals surface area contributed by atoms with Crippen LogP contribution < -0.4 is 20.2 Å². The van der Waals surface area contributed by atoms with Crippen molar-refractivity contribution < 1.29 is 14.3 Å². The lowest BCUT2D eigenvalue weighted by atomic mass is 10.3. The minimum absolute atomic E-state index is 0.455.